The molecule has 4 nitrogen and oxygen atoms in total. The number of carboxylic acid groups (broad SMARTS) is 1. The summed E-state index contributed by atoms with van der Waals surface area (Å²) in [4.78, 5) is 22.6. The Bertz CT molecular complexity index is 426. The molecule has 0 aliphatic rings. The molecule has 2 N–H and O–H groups in total. The standard InChI is InChI=1S/C13H15NO3/c1-9(2)12(14-8-11(15)16)13(17)10-6-4-3-5-7-10/h3-7,12,14H,1,8H2,2H3,(H,15,16)/t12-/m0/s1. The molecule has 1 rings (SSSR count). The van der Waals surface area contributed by atoms with Crippen molar-refractivity contribution in [1.82, 2.24) is 5.32 Å². The first-order valence-corrected chi connectivity index (χ1v) is 5.22. The number of carbonyl (C=O) groups excluding carboxylic acids is 1. The third-order valence-electron chi connectivity index (χ3n) is 2.27. The molecule has 0 heterocycles. The van der Waals surface area contributed by atoms with E-state index in [2.05, 4.69) is 11.9 Å². The Morgan fingerprint density at radius 3 is 2.41 bits per heavy atom. The number of carbonyl (C=O) groups is 2. The van der Waals surface area contributed by atoms with Crippen LogP contribution in [-0.4, -0.2) is 29.4 Å². The molecular weight excluding hydrogens is 218 g/mol. The maximum atomic E-state index is 12.1. The monoisotopic (exact) mass is 233 g/mol. The zero-order valence-corrected chi connectivity index (χ0v) is 9.64. The van der Waals surface area contributed by atoms with E-state index in [4.69, 9.17) is 5.11 Å². The third-order valence-corrected chi connectivity index (χ3v) is 2.27. The minimum Gasteiger partial charge on any atom is -0.480 e. The molecule has 0 unspecified atom stereocenters. The summed E-state index contributed by atoms with van der Waals surface area (Å²) in [6, 6.07) is 8.08. The van der Waals surface area contributed by atoms with E-state index in [0.29, 0.717) is 11.1 Å². The lowest BCUT2D eigenvalue weighted by molar-refractivity contribution is -0.136. The zero-order valence-electron chi connectivity index (χ0n) is 9.64. The second-order valence-electron chi connectivity index (χ2n) is 3.78. The van der Waals surface area contributed by atoms with Crippen LogP contribution in [0.1, 0.15) is 17.3 Å². The summed E-state index contributed by atoms with van der Waals surface area (Å²) in [5, 5.41) is 11.3. The second kappa shape index (κ2) is 5.96. The first kappa shape index (κ1) is 13.1. The van der Waals surface area contributed by atoms with Crippen LogP contribution in [0, 0.1) is 0 Å². The van der Waals surface area contributed by atoms with Crippen molar-refractivity contribution in [3.63, 3.8) is 0 Å². The Labute approximate surface area is 100.0 Å². The lowest BCUT2D eigenvalue weighted by Crippen LogP contribution is -2.40. The van der Waals surface area contributed by atoms with Gasteiger partial charge in [0.05, 0.1) is 12.6 Å². The number of Topliss-reactive ketones (excluding diaryl/α,β-unsaturated/α-hetero) is 1. The van der Waals surface area contributed by atoms with Gasteiger partial charge in [0.1, 0.15) is 0 Å². The highest BCUT2D eigenvalue weighted by atomic mass is 16.4. The minimum atomic E-state index is -1.00. The van der Waals surface area contributed by atoms with E-state index in [9.17, 15) is 9.59 Å². The first-order valence-electron chi connectivity index (χ1n) is 5.22. The van der Waals surface area contributed by atoms with Crippen molar-refractivity contribution in [1.29, 1.82) is 0 Å². The number of rotatable bonds is 6. The van der Waals surface area contributed by atoms with Crippen molar-refractivity contribution < 1.29 is 14.7 Å². The minimum absolute atomic E-state index is 0.167. The van der Waals surface area contributed by atoms with Crippen molar-refractivity contribution in [3.8, 4) is 0 Å². The second-order valence-corrected chi connectivity index (χ2v) is 3.78. The summed E-state index contributed by atoms with van der Waals surface area (Å²) in [5.41, 5.74) is 1.14. The number of benzene rings is 1. The van der Waals surface area contributed by atoms with E-state index < -0.39 is 12.0 Å². The molecule has 1 aromatic rings. The molecule has 1 atom stereocenters. The summed E-state index contributed by atoms with van der Waals surface area (Å²) in [6.45, 7) is 5.13. The SMILES string of the molecule is C=C(C)[C@H](NCC(=O)O)C(=O)c1ccccc1. The van der Waals surface area contributed by atoms with Crippen LogP contribution in [0.25, 0.3) is 0 Å². The van der Waals surface area contributed by atoms with E-state index in [-0.39, 0.29) is 12.3 Å². The van der Waals surface area contributed by atoms with Gasteiger partial charge < -0.3 is 5.11 Å². The highest BCUT2D eigenvalue weighted by molar-refractivity contribution is 6.02. The van der Waals surface area contributed by atoms with Gasteiger partial charge in [0.25, 0.3) is 0 Å². The Kier molecular flexibility index (Phi) is 4.60. The molecule has 0 fully saturated rings. The van der Waals surface area contributed by atoms with Crippen LogP contribution in [0.3, 0.4) is 0 Å². The number of nitrogens with one attached hydrogen (secondary N) is 1. The number of ketones is 1. The van der Waals surface area contributed by atoms with Gasteiger partial charge in [-0.15, -0.1) is 0 Å². The maximum Gasteiger partial charge on any atom is 0.317 e. The van der Waals surface area contributed by atoms with Crippen LogP contribution in [0.5, 0.6) is 0 Å². The number of hydrogen-bond donors (Lipinski definition) is 2. The summed E-state index contributed by atoms with van der Waals surface area (Å²) < 4.78 is 0. The van der Waals surface area contributed by atoms with E-state index in [0.717, 1.165) is 0 Å². The van der Waals surface area contributed by atoms with Crippen LogP contribution in [0.2, 0.25) is 0 Å². The van der Waals surface area contributed by atoms with Crippen LogP contribution in [0.4, 0.5) is 0 Å². The Morgan fingerprint density at radius 2 is 1.94 bits per heavy atom. The summed E-state index contributed by atoms with van der Waals surface area (Å²) in [6.07, 6.45) is 0. The van der Waals surface area contributed by atoms with Gasteiger partial charge in [-0.05, 0) is 6.92 Å². The van der Waals surface area contributed by atoms with Crippen molar-refractivity contribution in [2.24, 2.45) is 0 Å². The fraction of sp³-hybridized carbons (Fsp3) is 0.231. The number of carboxylic acids is 1. The molecule has 0 aliphatic heterocycles. The van der Waals surface area contributed by atoms with Crippen LogP contribution in [-0.2, 0) is 4.79 Å². The fourth-order valence-corrected chi connectivity index (χ4v) is 1.45. The average molecular weight is 233 g/mol. The van der Waals surface area contributed by atoms with Crippen molar-refractivity contribution in [3.05, 3.63) is 48.0 Å². The van der Waals surface area contributed by atoms with Gasteiger partial charge in [-0.3, -0.25) is 14.9 Å². The normalized spacial score (nSPS) is 11.8. The molecule has 0 bridgehead atoms. The lowest BCUT2D eigenvalue weighted by Gasteiger charge is -2.16. The van der Waals surface area contributed by atoms with Crippen LogP contribution < -0.4 is 5.32 Å². The topological polar surface area (TPSA) is 66.4 Å². The van der Waals surface area contributed by atoms with Gasteiger partial charge in [0.2, 0.25) is 0 Å². The molecular formula is C13H15NO3. The van der Waals surface area contributed by atoms with Gasteiger partial charge in [-0.1, -0.05) is 42.5 Å². The van der Waals surface area contributed by atoms with Gasteiger partial charge in [-0.2, -0.15) is 0 Å². The van der Waals surface area contributed by atoms with Crippen molar-refractivity contribution in [2.45, 2.75) is 13.0 Å². The molecule has 0 saturated heterocycles. The lowest BCUT2D eigenvalue weighted by atomic mass is 9.99. The predicted octanol–water partition coefficient (Wildman–Crippen LogP) is 1.49. The molecule has 0 saturated carbocycles. The molecule has 0 spiro atoms. The van der Waals surface area contributed by atoms with E-state index in [1.165, 1.54) is 0 Å². The first-order chi connectivity index (χ1) is 8.02. The molecule has 0 aliphatic carbocycles. The smallest absolute Gasteiger partial charge is 0.317 e. The summed E-state index contributed by atoms with van der Waals surface area (Å²) in [5.74, 6) is -1.17. The maximum absolute atomic E-state index is 12.1. The highest BCUT2D eigenvalue weighted by Crippen LogP contribution is 2.08. The van der Waals surface area contributed by atoms with Crippen LogP contribution in [0.15, 0.2) is 42.5 Å². The molecule has 0 aromatic heterocycles. The molecule has 90 valence electrons. The predicted molar refractivity (Wildman–Crippen MR) is 65.0 cm³/mol. The fourth-order valence-electron chi connectivity index (χ4n) is 1.45. The van der Waals surface area contributed by atoms with Gasteiger partial charge in [0.15, 0.2) is 5.78 Å². The molecule has 17 heavy (non-hydrogen) atoms. The highest BCUT2D eigenvalue weighted by Gasteiger charge is 2.20. The Morgan fingerprint density at radius 1 is 1.35 bits per heavy atom. The van der Waals surface area contributed by atoms with Gasteiger partial charge in [-0.25, -0.2) is 0 Å². The van der Waals surface area contributed by atoms with Gasteiger partial charge >= 0.3 is 5.97 Å². The summed E-state index contributed by atoms with van der Waals surface area (Å²) in [7, 11) is 0. The zero-order chi connectivity index (χ0) is 12.8. The largest absolute Gasteiger partial charge is 0.480 e. The molecule has 0 amide bonds. The number of hydrogen-bond acceptors (Lipinski definition) is 3. The number of aliphatic carboxylic acids is 1. The average Bonchev–Trinajstić information content (AvgIpc) is 2.29. The quantitative estimate of drug-likeness (QED) is 0.577. The van der Waals surface area contributed by atoms with Crippen LogP contribution >= 0.6 is 0 Å². The van der Waals surface area contributed by atoms with E-state index in [1.54, 1.807) is 31.2 Å². The molecule has 1 aromatic carbocycles. The third kappa shape index (κ3) is 3.85. The summed E-state index contributed by atoms with van der Waals surface area (Å²) >= 11 is 0. The molecule has 0 radical (unpaired) electrons. The van der Waals surface area contributed by atoms with Crippen molar-refractivity contribution in [2.75, 3.05) is 6.54 Å². The Hall–Kier alpha value is -1.94. The van der Waals surface area contributed by atoms with E-state index >= 15 is 0 Å². The molecule has 4 heteroatoms. The van der Waals surface area contributed by atoms with Crippen molar-refractivity contribution >= 4 is 11.8 Å². The van der Waals surface area contributed by atoms with Gasteiger partial charge in [0, 0.05) is 5.56 Å². The Balaban J connectivity index is 2.81. The van der Waals surface area contributed by atoms with E-state index in [1.807, 2.05) is 6.07 Å².